The monoisotopic (exact) mass is 182 g/mol. The lowest BCUT2D eigenvalue weighted by Crippen LogP contribution is -2.68. The Hall–Kier alpha value is -0.930. The lowest BCUT2D eigenvalue weighted by atomic mass is 11.0. The fourth-order valence-corrected chi connectivity index (χ4v) is 0.181. The van der Waals surface area contributed by atoms with E-state index in [4.69, 9.17) is 18.6 Å². The minimum Gasteiger partial charge on any atom is -0.222 e. The van der Waals surface area contributed by atoms with Gasteiger partial charge in [0, 0.05) is 0 Å². The zero-order valence-electron chi connectivity index (χ0n) is 5.01. The van der Waals surface area contributed by atoms with Crippen molar-refractivity contribution < 1.29 is 34.0 Å². The molecular weight excluding hydrogens is 179 g/mol. The molecule has 0 spiro atoms. The van der Waals surface area contributed by atoms with Gasteiger partial charge >= 0.3 is 0 Å². The largest absolute Gasteiger partial charge is 0.222 e. The maximum Gasteiger partial charge on any atom is 0.203 e. The van der Waals surface area contributed by atoms with Crippen LogP contribution in [0.1, 0.15) is 0 Å². The SMILES string of the molecule is [O-][Cl+3]([O-])([O-])[O-].c1c[nH+]nnn1. The molecule has 0 aliphatic carbocycles. The van der Waals surface area contributed by atoms with Gasteiger partial charge in [-0.1, -0.05) is 0 Å². The van der Waals surface area contributed by atoms with Gasteiger partial charge in [0.25, 0.3) is 0 Å². The third-order valence-corrected chi connectivity index (χ3v) is 0.370. The van der Waals surface area contributed by atoms with Gasteiger partial charge in [-0.25, -0.2) is 18.6 Å². The number of halogens is 1. The lowest BCUT2D eigenvalue weighted by Gasteiger charge is -2.17. The molecule has 0 fully saturated rings. The Morgan fingerprint density at radius 2 is 1.73 bits per heavy atom. The highest BCUT2D eigenvalue weighted by Gasteiger charge is 1.84. The first-order chi connectivity index (χ1) is 5.00. The summed E-state index contributed by atoms with van der Waals surface area (Å²) in [6.45, 7) is 0. The van der Waals surface area contributed by atoms with Crippen molar-refractivity contribution in [1.29, 1.82) is 0 Å². The summed E-state index contributed by atoms with van der Waals surface area (Å²) in [4.78, 5) is 0. The van der Waals surface area contributed by atoms with E-state index in [1.165, 1.54) is 6.20 Å². The molecule has 0 radical (unpaired) electrons. The molecule has 9 heteroatoms. The van der Waals surface area contributed by atoms with Gasteiger partial charge in [-0.15, -0.1) is 15.3 Å². The Kier molecular flexibility index (Phi) is 4.41. The summed E-state index contributed by atoms with van der Waals surface area (Å²) in [5.41, 5.74) is 0. The van der Waals surface area contributed by atoms with Crippen LogP contribution < -0.4 is 23.7 Å². The van der Waals surface area contributed by atoms with E-state index in [0.29, 0.717) is 0 Å². The van der Waals surface area contributed by atoms with Gasteiger partial charge in [-0.05, 0) is 5.10 Å². The Balaban J connectivity index is 0.000000187. The number of rotatable bonds is 0. The zero-order chi connectivity index (χ0) is 8.74. The molecule has 0 aliphatic heterocycles. The highest BCUT2D eigenvalue weighted by atomic mass is 35.7. The summed E-state index contributed by atoms with van der Waals surface area (Å²) in [5, 5.41) is 12.4. The molecule has 1 N–H and O–H groups in total. The van der Waals surface area contributed by atoms with Gasteiger partial charge in [0.15, 0.2) is 5.21 Å². The van der Waals surface area contributed by atoms with Crippen molar-refractivity contribution in [1.82, 2.24) is 15.5 Å². The quantitative estimate of drug-likeness (QED) is 0.388. The summed E-state index contributed by atoms with van der Waals surface area (Å²) >= 11 is 0. The first kappa shape index (κ1) is 10.1. The van der Waals surface area contributed by atoms with Crippen LogP contribution in [0.5, 0.6) is 0 Å². The second kappa shape index (κ2) is 4.82. The Morgan fingerprint density at radius 3 is 1.82 bits per heavy atom. The van der Waals surface area contributed by atoms with Crippen LogP contribution in [0.2, 0.25) is 0 Å². The van der Waals surface area contributed by atoms with Gasteiger partial charge in [0.1, 0.15) is 12.4 Å². The maximum atomic E-state index is 8.49. The molecule has 0 atom stereocenters. The van der Waals surface area contributed by atoms with Crippen LogP contribution in [0.15, 0.2) is 12.4 Å². The van der Waals surface area contributed by atoms with Crippen LogP contribution >= 0.6 is 0 Å². The predicted molar refractivity (Wildman–Crippen MR) is 16.4 cm³/mol. The second-order valence-electron chi connectivity index (χ2n) is 1.13. The molecule has 0 bridgehead atoms. The molecule has 0 aromatic carbocycles. The van der Waals surface area contributed by atoms with Crippen molar-refractivity contribution in [2.24, 2.45) is 0 Å². The predicted octanol–water partition coefficient (Wildman–Crippen LogP) is -6.07. The third kappa shape index (κ3) is 17.6. The van der Waals surface area contributed by atoms with Crippen molar-refractivity contribution in [2.45, 2.75) is 0 Å². The molecule has 0 saturated heterocycles. The van der Waals surface area contributed by atoms with Crippen LogP contribution in [-0.2, 0) is 0 Å². The standard InChI is InChI=1S/C2H2N4.ClHO4/c1-2-4-6-5-3-1;2-1(3,4)5/h1-2H;(H,2,3,4,5). The van der Waals surface area contributed by atoms with E-state index in [-0.39, 0.29) is 0 Å². The van der Waals surface area contributed by atoms with Gasteiger partial charge in [-0.3, -0.25) is 0 Å². The van der Waals surface area contributed by atoms with Crippen LogP contribution in [0.4, 0.5) is 0 Å². The van der Waals surface area contributed by atoms with Crippen LogP contribution in [0.25, 0.3) is 0 Å². The lowest BCUT2D eigenvalue weighted by molar-refractivity contribution is -2.00. The molecule has 0 saturated carbocycles. The number of aromatic amines is 1. The normalized spacial score (nSPS) is 9.82. The number of aromatic nitrogens is 4. The number of nitrogens with zero attached hydrogens (tertiary/aromatic N) is 3. The van der Waals surface area contributed by atoms with E-state index < -0.39 is 10.2 Å². The Bertz CT molecular complexity index is 144. The van der Waals surface area contributed by atoms with Crippen LogP contribution in [0, 0.1) is 10.2 Å². The molecule has 0 amide bonds. The van der Waals surface area contributed by atoms with E-state index >= 15 is 0 Å². The van der Waals surface area contributed by atoms with E-state index in [2.05, 4.69) is 20.6 Å². The fraction of sp³-hybridized carbons (Fsp3) is 0. The number of nitrogens with one attached hydrogen (secondary N) is 1. The Labute approximate surface area is 62.9 Å². The summed E-state index contributed by atoms with van der Waals surface area (Å²) in [5.74, 6) is 0. The van der Waals surface area contributed by atoms with Crippen molar-refractivity contribution in [3.05, 3.63) is 12.4 Å². The average molecular weight is 183 g/mol. The first-order valence-electron chi connectivity index (χ1n) is 2.12. The van der Waals surface area contributed by atoms with Crippen LogP contribution in [-0.4, -0.2) is 15.5 Å². The van der Waals surface area contributed by atoms with Gasteiger partial charge in [-0.2, -0.15) is 0 Å². The maximum absolute atomic E-state index is 8.49. The second-order valence-corrected chi connectivity index (χ2v) is 1.88. The molecule has 62 valence electrons. The van der Waals surface area contributed by atoms with Crippen molar-refractivity contribution in [2.75, 3.05) is 0 Å². The van der Waals surface area contributed by atoms with Crippen LogP contribution in [0.3, 0.4) is 0 Å². The molecule has 1 aromatic rings. The van der Waals surface area contributed by atoms with Gasteiger partial charge in [0.05, 0.1) is 0 Å². The minimum absolute atomic E-state index is 1.52. The topological polar surface area (TPSA) is 145 Å². The number of hydrogen-bond acceptors (Lipinski definition) is 7. The molecule has 0 aliphatic rings. The number of hydrogen-bond donors (Lipinski definition) is 0. The molecule has 0 unspecified atom stereocenters. The minimum atomic E-state index is -4.94. The highest BCUT2D eigenvalue weighted by molar-refractivity contribution is 4.44. The molecule has 1 aromatic heterocycles. The van der Waals surface area contributed by atoms with E-state index in [1.807, 2.05) is 0 Å². The zero-order valence-corrected chi connectivity index (χ0v) is 5.76. The smallest absolute Gasteiger partial charge is 0.203 e. The van der Waals surface area contributed by atoms with E-state index in [0.717, 1.165) is 0 Å². The van der Waals surface area contributed by atoms with Crippen molar-refractivity contribution in [3.8, 4) is 0 Å². The Morgan fingerprint density at radius 1 is 1.18 bits per heavy atom. The summed E-state index contributed by atoms with van der Waals surface area (Å²) in [7, 11) is -4.94. The van der Waals surface area contributed by atoms with Gasteiger partial charge < -0.3 is 0 Å². The molecule has 1 heterocycles. The van der Waals surface area contributed by atoms with Crippen molar-refractivity contribution >= 4 is 0 Å². The van der Waals surface area contributed by atoms with E-state index in [1.54, 1.807) is 6.20 Å². The average Bonchev–Trinajstić information content (AvgIpc) is 1.88. The molecular formula is C2H3ClN4O4. The summed E-state index contributed by atoms with van der Waals surface area (Å²) < 4.78 is 34.0. The van der Waals surface area contributed by atoms with Gasteiger partial charge in [0.2, 0.25) is 5.21 Å². The molecule has 8 nitrogen and oxygen atoms in total. The summed E-state index contributed by atoms with van der Waals surface area (Å²) in [6.07, 6.45) is 3.11. The first-order valence-corrected chi connectivity index (χ1v) is 3.36. The van der Waals surface area contributed by atoms with E-state index in [9.17, 15) is 0 Å². The number of H-pyrrole nitrogens is 1. The molecule has 1 rings (SSSR count). The van der Waals surface area contributed by atoms with Crippen molar-refractivity contribution in [3.63, 3.8) is 0 Å². The summed E-state index contributed by atoms with van der Waals surface area (Å²) in [6, 6.07) is 0. The third-order valence-electron chi connectivity index (χ3n) is 0.370. The molecule has 11 heavy (non-hydrogen) atoms. The highest BCUT2D eigenvalue weighted by Crippen LogP contribution is 1.49. The fourth-order valence-electron chi connectivity index (χ4n) is 0.181.